The molecule has 0 saturated carbocycles. The van der Waals surface area contributed by atoms with Gasteiger partial charge in [-0.3, -0.25) is 9.67 Å². The number of H-pyrrole nitrogens is 1. The highest BCUT2D eigenvalue weighted by Crippen LogP contribution is 2.30. The highest BCUT2D eigenvalue weighted by Gasteiger charge is 2.20. The third kappa shape index (κ3) is 2.53. The van der Waals surface area contributed by atoms with Crippen LogP contribution in [0.4, 0.5) is 0 Å². The van der Waals surface area contributed by atoms with Gasteiger partial charge in [0, 0.05) is 15.6 Å². The molecule has 1 aromatic carbocycles. The SMILES string of the molecule is CC(C)(C)n1c(-c2ccc(Cl)c(Br)c2)n[nH]c1=S. The summed E-state index contributed by atoms with van der Waals surface area (Å²) in [7, 11) is 0. The van der Waals surface area contributed by atoms with Gasteiger partial charge in [-0.05, 0) is 67.1 Å². The summed E-state index contributed by atoms with van der Waals surface area (Å²) in [5.74, 6) is 0.810. The Morgan fingerprint density at radius 3 is 2.61 bits per heavy atom. The number of aromatic amines is 1. The van der Waals surface area contributed by atoms with Crippen molar-refractivity contribution in [1.82, 2.24) is 14.8 Å². The molecule has 0 saturated heterocycles. The van der Waals surface area contributed by atoms with Gasteiger partial charge in [0.15, 0.2) is 10.6 Å². The quantitative estimate of drug-likeness (QED) is 0.754. The summed E-state index contributed by atoms with van der Waals surface area (Å²) in [6.45, 7) is 6.27. The van der Waals surface area contributed by atoms with Crippen molar-refractivity contribution in [3.63, 3.8) is 0 Å². The van der Waals surface area contributed by atoms with Crippen LogP contribution in [0.1, 0.15) is 20.8 Å². The van der Waals surface area contributed by atoms with E-state index in [-0.39, 0.29) is 5.54 Å². The van der Waals surface area contributed by atoms with E-state index in [1.54, 1.807) is 0 Å². The second-order valence-corrected chi connectivity index (χ2v) is 6.64. The Labute approximate surface area is 124 Å². The van der Waals surface area contributed by atoms with Crippen LogP contribution in [0, 0.1) is 4.77 Å². The number of benzene rings is 1. The molecule has 0 bridgehead atoms. The van der Waals surface area contributed by atoms with Crippen LogP contribution in [0.2, 0.25) is 5.02 Å². The van der Waals surface area contributed by atoms with E-state index in [2.05, 4.69) is 46.9 Å². The van der Waals surface area contributed by atoms with Crippen molar-refractivity contribution in [1.29, 1.82) is 0 Å². The van der Waals surface area contributed by atoms with Gasteiger partial charge in [-0.1, -0.05) is 11.6 Å². The fourth-order valence-electron chi connectivity index (χ4n) is 1.75. The number of nitrogens with one attached hydrogen (secondary N) is 1. The van der Waals surface area contributed by atoms with Crippen LogP contribution in [0.3, 0.4) is 0 Å². The molecule has 0 fully saturated rings. The second kappa shape index (κ2) is 4.79. The smallest absolute Gasteiger partial charge is 0.195 e. The van der Waals surface area contributed by atoms with Gasteiger partial charge in [0.1, 0.15) is 0 Å². The standard InChI is InChI=1S/C12H13BrClN3S/c1-12(2,3)17-10(15-16-11(17)18)7-4-5-9(14)8(13)6-7/h4-6H,1-3H3,(H,16,18). The van der Waals surface area contributed by atoms with Gasteiger partial charge in [0.25, 0.3) is 0 Å². The average molecular weight is 347 g/mol. The Balaban J connectivity index is 2.65. The fraction of sp³-hybridized carbons (Fsp3) is 0.333. The minimum atomic E-state index is -0.133. The summed E-state index contributed by atoms with van der Waals surface area (Å²) >= 11 is 14.7. The van der Waals surface area contributed by atoms with E-state index in [9.17, 15) is 0 Å². The molecule has 1 N–H and O–H groups in total. The summed E-state index contributed by atoms with van der Waals surface area (Å²) in [5.41, 5.74) is 0.833. The van der Waals surface area contributed by atoms with E-state index >= 15 is 0 Å². The van der Waals surface area contributed by atoms with Gasteiger partial charge in [-0.15, -0.1) is 0 Å². The lowest BCUT2D eigenvalue weighted by Crippen LogP contribution is -2.22. The van der Waals surface area contributed by atoms with Crippen LogP contribution in [0.5, 0.6) is 0 Å². The number of nitrogens with zero attached hydrogens (tertiary/aromatic N) is 2. The summed E-state index contributed by atoms with van der Waals surface area (Å²) in [5, 5.41) is 7.83. The maximum absolute atomic E-state index is 6.00. The summed E-state index contributed by atoms with van der Waals surface area (Å²) < 4.78 is 3.46. The van der Waals surface area contributed by atoms with E-state index in [0.29, 0.717) is 9.79 Å². The van der Waals surface area contributed by atoms with Crippen LogP contribution in [0.25, 0.3) is 11.4 Å². The zero-order chi connectivity index (χ0) is 13.5. The highest BCUT2D eigenvalue weighted by atomic mass is 79.9. The minimum absolute atomic E-state index is 0.133. The largest absolute Gasteiger partial charge is 0.295 e. The molecule has 2 aromatic rings. The van der Waals surface area contributed by atoms with Crippen molar-refractivity contribution in [2.24, 2.45) is 0 Å². The number of halogens is 2. The second-order valence-electron chi connectivity index (χ2n) is 4.99. The van der Waals surface area contributed by atoms with Crippen molar-refractivity contribution in [3.8, 4) is 11.4 Å². The van der Waals surface area contributed by atoms with Crippen LogP contribution in [-0.4, -0.2) is 14.8 Å². The topological polar surface area (TPSA) is 33.6 Å². The maximum atomic E-state index is 6.00. The maximum Gasteiger partial charge on any atom is 0.195 e. The summed E-state index contributed by atoms with van der Waals surface area (Å²) in [6, 6.07) is 5.71. The first-order chi connectivity index (χ1) is 8.30. The number of hydrogen-bond donors (Lipinski definition) is 1. The van der Waals surface area contributed by atoms with Gasteiger partial charge >= 0.3 is 0 Å². The summed E-state index contributed by atoms with van der Waals surface area (Å²) in [4.78, 5) is 0. The molecule has 0 spiro atoms. The molecule has 1 aromatic heterocycles. The lowest BCUT2D eigenvalue weighted by Gasteiger charge is -2.22. The third-order valence-corrected chi connectivity index (χ3v) is 4.01. The predicted octanol–water partition coefficient (Wildman–Crippen LogP) is 4.78. The Kier molecular flexibility index (Phi) is 3.67. The van der Waals surface area contributed by atoms with E-state index in [0.717, 1.165) is 15.9 Å². The third-order valence-electron chi connectivity index (χ3n) is 2.52. The van der Waals surface area contributed by atoms with Gasteiger partial charge in [-0.2, -0.15) is 5.10 Å². The first-order valence-electron chi connectivity index (χ1n) is 5.44. The molecule has 0 aliphatic heterocycles. The molecule has 96 valence electrons. The van der Waals surface area contributed by atoms with E-state index in [1.807, 2.05) is 22.8 Å². The monoisotopic (exact) mass is 345 g/mol. The molecule has 0 radical (unpaired) electrons. The number of aromatic nitrogens is 3. The molecule has 6 heteroatoms. The molecule has 0 aliphatic carbocycles. The lowest BCUT2D eigenvalue weighted by molar-refractivity contribution is 0.395. The first kappa shape index (κ1) is 13.8. The Bertz CT molecular complexity index is 640. The molecular weight excluding hydrogens is 334 g/mol. The molecule has 2 rings (SSSR count). The zero-order valence-corrected chi connectivity index (χ0v) is 13.4. The molecule has 0 unspecified atom stereocenters. The molecule has 0 amide bonds. The van der Waals surface area contributed by atoms with Crippen LogP contribution in [0.15, 0.2) is 22.7 Å². The lowest BCUT2D eigenvalue weighted by atomic mass is 10.1. The van der Waals surface area contributed by atoms with Gasteiger partial charge in [-0.25, -0.2) is 0 Å². The molecular formula is C12H13BrClN3S. The van der Waals surface area contributed by atoms with Crippen LogP contribution >= 0.6 is 39.7 Å². The van der Waals surface area contributed by atoms with Gasteiger partial charge < -0.3 is 0 Å². The number of rotatable bonds is 1. The Morgan fingerprint density at radius 1 is 1.39 bits per heavy atom. The molecule has 1 heterocycles. The van der Waals surface area contributed by atoms with Crippen molar-refractivity contribution < 1.29 is 0 Å². The fourth-order valence-corrected chi connectivity index (χ4v) is 2.65. The normalized spacial score (nSPS) is 11.8. The summed E-state index contributed by atoms with van der Waals surface area (Å²) in [6.07, 6.45) is 0. The molecule has 0 aliphatic rings. The van der Waals surface area contributed by atoms with Crippen LogP contribution in [-0.2, 0) is 5.54 Å². The highest BCUT2D eigenvalue weighted by molar-refractivity contribution is 9.10. The van der Waals surface area contributed by atoms with E-state index < -0.39 is 0 Å². The van der Waals surface area contributed by atoms with Gasteiger partial charge in [0.05, 0.1) is 5.02 Å². The van der Waals surface area contributed by atoms with E-state index in [1.165, 1.54) is 0 Å². The van der Waals surface area contributed by atoms with Crippen molar-refractivity contribution in [2.45, 2.75) is 26.3 Å². The molecule has 3 nitrogen and oxygen atoms in total. The molecule has 18 heavy (non-hydrogen) atoms. The van der Waals surface area contributed by atoms with E-state index in [4.69, 9.17) is 23.8 Å². The predicted molar refractivity (Wildman–Crippen MR) is 80.6 cm³/mol. The number of hydrogen-bond acceptors (Lipinski definition) is 2. The van der Waals surface area contributed by atoms with Crippen molar-refractivity contribution >= 4 is 39.7 Å². The zero-order valence-electron chi connectivity index (χ0n) is 10.3. The van der Waals surface area contributed by atoms with Crippen LogP contribution < -0.4 is 0 Å². The van der Waals surface area contributed by atoms with Crippen molar-refractivity contribution in [2.75, 3.05) is 0 Å². The molecule has 0 atom stereocenters. The van der Waals surface area contributed by atoms with Crippen molar-refractivity contribution in [3.05, 3.63) is 32.5 Å². The average Bonchev–Trinajstić information content (AvgIpc) is 2.64. The van der Waals surface area contributed by atoms with Gasteiger partial charge in [0.2, 0.25) is 0 Å². The Hall–Kier alpha value is -0.650. The first-order valence-corrected chi connectivity index (χ1v) is 7.02. The minimum Gasteiger partial charge on any atom is -0.295 e. The Morgan fingerprint density at radius 2 is 2.06 bits per heavy atom.